The van der Waals surface area contributed by atoms with Crippen LogP contribution in [0.1, 0.15) is 57.3 Å². The van der Waals surface area contributed by atoms with Gasteiger partial charge in [0.25, 0.3) is 0 Å². The van der Waals surface area contributed by atoms with Crippen molar-refractivity contribution in [3.05, 3.63) is 16.9 Å². The Kier molecular flexibility index (Phi) is 4.23. The topological polar surface area (TPSA) is 47.1 Å². The van der Waals surface area contributed by atoms with Crippen LogP contribution in [0.5, 0.6) is 0 Å². The van der Waals surface area contributed by atoms with Crippen molar-refractivity contribution >= 4 is 11.6 Å². The number of nitrogens with zero attached hydrogens (tertiary/aromatic N) is 3. The van der Waals surface area contributed by atoms with Crippen LogP contribution in [-0.4, -0.2) is 34.3 Å². The quantitative estimate of drug-likeness (QED) is 0.925. The van der Waals surface area contributed by atoms with Crippen molar-refractivity contribution < 1.29 is 0 Å². The second-order valence-corrected chi connectivity index (χ2v) is 6.51. The molecule has 1 heterocycles. The number of hydrogen-bond donors (Lipinski definition) is 1. The van der Waals surface area contributed by atoms with E-state index in [9.17, 15) is 0 Å². The number of nitrogens with two attached hydrogens (primary N) is 1. The van der Waals surface area contributed by atoms with E-state index in [0.717, 1.165) is 18.5 Å². The number of hydrogen-bond acceptors (Lipinski definition) is 3. The maximum absolute atomic E-state index is 6.63. The van der Waals surface area contributed by atoms with Crippen LogP contribution >= 0.6 is 11.6 Å². The van der Waals surface area contributed by atoms with Crippen molar-refractivity contribution in [1.29, 1.82) is 0 Å². The lowest BCUT2D eigenvalue weighted by atomic mass is 9.85. The molecule has 0 aromatic carbocycles. The molecule has 0 amide bonds. The monoisotopic (exact) mass is 284 g/mol. The fourth-order valence-corrected chi connectivity index (χ4v) is 3.58. The van der Waals surface area contributed by atoms with Crippen LogP contribution in [0.4, 0.5) is 0 Å². The Morgan fingerprint density at radius 3 is 2.42 bits per heavy atom. The van der Waals surface area contributed by atoms with Gasteiger partial charge in [0.05, 0.1) is 23.0 Å². The van der Waals surface area contributed by atoms with Crippen LogP contribution < -0.4 is 5.73 Å². The summed E-state index contributed by atoms with van der Waals surface area (Å²) < 4.78 is 1.97. The van der Waals surface area contributed by atoms with E-state index in [1.807, 2.05) is 4.68 Å². The molecule has 4 nitrogen and oxygen atoms in total. The van der Waals surface area contributed by atoms with E-state index in [1.54, 1.807) is 6.20 Å². The maximum atomic E-state index is 6.63. The van der Waals surface area contributed by atoms with Gasteiger partial charge >= 0.3 is 0 Å². The van der Waals surface area contributed by atoms with E-state index < -0.39 is 0 Å². The summed E-state index contributed by atoms with van der Waals surface area (Å²) in [7, 11) is 4.24. The first kappa shape index (κ1) is 14.8. The molecule has 2 rings (SSSR count). The normalized spacial score (nSPS) is 20.4. The predicted molar refractivity (Wildman–Crippen MR) is 79.4 cm³/mol. The zero-order valence-electron chi connectivity index (χ0n) is 12.4. The molecule has 1 aromatic rings. The summed E-state index contributed by atoms with van der Waals surface area (Å²) in [4.78, 5) is 2.28. The third kappa shape index (κ3) is 2.41. The largest absolute Gasteiger partial charge is 0.321 e. The molecule has 1 aliphatic carbocycles. The van der Waals surface area contributed by atoms with E-state index in [1.165, 1.54) is 12.8 Å². The van der Waals surface area contributed by atoms with Gasteiger partial charge in [-0.15, -0.1) is 0 Å². The third-order valence-electron chi connectivity index (χ3n) is 4.51. The molecule has 0 spiro atoms. The Labute approximate surface area is 120 Å². The Hall–Kier alpha value is -0.580. The van der Waals surface area contributed by atoms with Gasteiger partial charge in [-0.2, -0.15) is 5.10 Å². The number of aromatic nitrogens is 2. The zero-order chi connectivity index (χ0) is 14.2. The molecule has 108 valence electrons. The van der Waals surface area contributed by atoms with Gasteiger partial charge in [-0.25, -0.2) is 0 Å². The van der Waals surface area contributed by atoms with Gasteiger partial charge in [-0.3, -0.25) is 4.68 Å². The highest BCUT2D eigenvalue weighted by Gasteiger charge is 2.44. The molecule has 2 N–H and O–H groups in total. The summed E-state index contributed by atoms with van der Waals surface area (Å²) in [6.45, 7) is 4.22. The SMILES string of the molecule is CC(C)n1ncc(Cl)c1C(N)C1(N(C)C)CCCC1. The van der Waals surface area contributed by atoms with Crippen LogP contribution in [0.3, 0.4) is 0 Å². The fraction of sp³-hybridized carbons (Fsp3) is 0.786. The summed E-state index contributed by atoms with van der Waals surface area (Å²) in [5.74, 6) is 0. The summed E-state index contributed by atoms with van der Waals surface area (Å²) in [6.07, 6.45) is 6.44. The Bertz CT molecular complexity index is 433. The van der Waals surface area contributed by atoms with Gasteiger partial charge in [0.2, 0.25) is 0 Å². The van der Waals surface area contributed by atoms with Crippen LogP contribution in [0.15, 0.2) is 6.20 Å². The van der Waals surface area contributed by atoms with Crippen molar-refractivity contribution in [2.45, 2.75) is 57.2 Å². The van der Waals surface area contributed by atoms with E-state index in [4.69, 9.17) is 17.3 Å². The first-order valence-electron chi connectivity index (χ1n) is 7.06. The van der Waals surface area contributed by atoms with E-state index in [-0.39, 0.29) is 17.6 Å². The summed E-state index contributed by atoms with van der Waals surface area (Å²) in [5, 5.41) is 5.07. The van der Waals surface area contributed by atoms with Crippen LogP contribution in [0, 0.1) is 0 Å². The van der Waals surface area contributed by atoms with Gasteiger partial charge < -0.3 is 10.6 Å². The Morgan fingerprint density at radius 1 is 1.37 bits per heavy atom. The highest BCUT2D eigenvalue weighted by Crippen LogP contribution is 2.43. The molecule has 0 bridgehead atoms. The minimum atomic E-state index is -0.0950. The lowest BCUT2D eigenvalue weighted by Gasteiger charge is -2.42. The second kappa shape index (κ2) is 5.43. The molecule has 19 heavy (non-hydrogen) atoms. The maximum Gasteiger partial charge on any atom is 0.0834 e. The Morgan fingerprint density at radius 2 is 1.95 bits per heavy atom. The molecule has 0 radical (unpaired) electrons. The molecular weight excluding hydrogens is 260 g/mol. The van der Waals surface area contributed by atoms with Gasteiger partial charge in [-0.1, -0.05) is 24.4 Å². The lowest BCUT2D eigenvalue weighted by Crippen LogP contribution is -2.51. The minimum absolute atomic E-state index is 0.0102. The van der Waals surface area contributed by atoms with E-state index in [2.05, 4.69) is 37.9 Å². The molecular formula is C14H25ClN4. The molecule has 5 heteroatoms. The summed E-state index contributed by atoms with van der Waals surface area (Å²) in [5.41, 5.74) is 7.62. The molecule has 1 unspecified atom stereocenters. The van der Waals surface area contributed by atoms with Crippen molar-refractivity contribution in [2.75, 3.05) is 14.1 Å². The average Bonchev–Trinajstić information content (AvgIpc) is 2.94. The van der Waals surface area contributed by atoms with Gasteiger partial charge in [0, 0.05) is 11.6 Å². The zero-order valence-corrected chi connectivity index (χ0v) is 13.1. The van der Waals surface area contributed by atoms with E-state index >= 15 is 0 Å². The standard InChI is InChI=1S/C14H25ClN4/c1-10(2)19-12(11(15)9-17-19)13(16)14(18(3)4)7-5-6-8-14/h9-10,13H,5-8,16H2,1-4H3. The number of likely N-dealkylation sites (N-methyl/N-ethyl adjacent to an activating group) is 1. The molecule has 1 fully saturated rings. The number of rotatable bonds is 4. The van der Waals surface area contributed by atoms with Crippen LogP contribution in [-0.2, 0) is 0 Å². The first-order chi connectivity index (χ1) is 8.90. The van der Waals surface area contributed by atoms with Crippen molar-refractivity contribution in [1.82, 2.24) is 14.7 Å². The minimum Gasteiger partial charge on any atom is -0.321 e. The summed E-state index contributed by atoms with van der Waals surface area (Å²) in [6, 6.07) is 0.177. The fourth-order valence-electron chi connectivity index (χ4n) is 3.33. The molecule has 0 aliphatic heterocycles. The lowest BCUT2D eigenvalue weighted by molar-refractivity contribution is 0.118. The Balaban J connectivity index is 2.43. The molecule has 1 saturated carbocycles. The summed E-state index contributed by atoms with van der Waals surface area (Å²) >= 11 is 6.35. The van der Waals surface area contributed by atoms with Crippen LogP contribution in [0.25, 0.3) is 0 Å². The first-order valence-corrected chi connectivity index (χ1v) is 7.44. The molecule has 1 aromatic heterocycles. The molecule has 1 atom stereocenters. The van der Waals surface area contributed by atoms with Crippen molar-refractivity contribution in [3.63, 3.8) is 0 Å². The molecule has 0 saturated heterocycles. The predicted octanol–water partition coefficient (Wildman–Crippen LogP) is 2.99. The average molecular weight is 285 g/mol. The smallest absolute Gasteiger partial charge is 0.0834 e. The molecule has 1 aliphatic rings. The van der Waals surface area contributed by atoms with Crippen molar-refractivity contribution in [3.8, 4) is 0 Å². The highest BCUT2D eigenvalue weighted by atomic mass is 35.5. The van der Waals surface area contributed by atoms with Gasteiger partial charge in [-0.05, 0) is 40.8 Å². The van der Waals surface area contributed by atoms with Gasteiger partial charge in [0.1, 0.15) is 0 Å². The van der Waals surface area contributed by atoms with E-state index in [0.29, 0.717) is 5.02 Å². The van der Waals surface area contributed by atoms with Gasteiger partial charge in [0.15, 0.2) is 0 Å². The van der Waals surface area contributed by atoms with Crippen molar-refractivity contribution in [2.24, 2.45) is 5.73 Å². The third-order valence-corrected chi connectivity index (χ3v) is 4.80. The van der Waals surface area contributed by atoms with Crippen LogP contribution in [0.2, 0.25) is 5.02 Å². The highest BCUT2D eigenvalue weighted by molar-refractivity contribution is 6.31. The number of halogens is 1. The second-order valence-electron chi connectivity index (χ2n) is 6.10.